The standard InChI is InChI=1S/C14H19BNO2S.2H2O/c1-2-14(16-11-7-4-8-12-16)19(17,18)15-13-9-5-3-6-10-13;;/h2-3,5-6,9-10,14H,1,4,7-8,11-12H2;2*1H2. The van der Waals surface area contributed by atoms with Crippen molar-refractivity contribution in [1.29, 1.82) is 0 Å². The Bertz CT molecular complexity index is 515. The van der Waals surface area contributed by atoms with E-state index in [1.165, 1.54) is 13.0 Å². The zero-order chi connectivity index (χ0) is 13.7. The molecular weight excluding hydrogens is 289 g/mol. The number of benzene rings is 1. The summed E-state index contributed by atoms with van der Waals surface area (Å²) in [5.41, 5.74) is 0.714. The van der Waals surface area contributed by atoms with Crippen molar-refractivity contribution >= 4 is 21.7 Å². The number of hydrogen-bond donors (Lipinski definition) is 0. The van der Waals surface area contributed by atoms with Crippen LogP contribution in [-0.4, -0.2) is 49.3 Å². The number of likely N-dealkylation sites (tertiary alicyclic amines) is 1. The van der Waals surface area contributed by atoms with E-state index in [1.54, 1.807) is 18.2 Å². The quantitative estimate of drug-likeness (QED) is 0.551. The first kappa shape index (κ1) is 19.9. The third-order valence-corrected chi connectivity index (χ3v) is 5.15. The third kappa shape index (κ3) is 5.28. The van der Waals surface area contributed by atoms with Crippen LogP contribution < -0.4 is 5.46 Å². The van der Waals surface area contributed by atoms with Gasteiger partial charge in [0.25, 0.3) is 0 Å². The molecule has 1 aliphatic rings. The van der Waals surface area contributed by atoms with Gasteiger partial charge in [-0.05, 0) is 25.9 Å². The first-order valence-corrected chi connectivity index (χ1v) is 8.25. The van der Waals surface area contributed by atoms with E-state index in [4.69, 9.17) is 0 Å². The van der Waals surface area contributed by atoms with Crippen molar-refractivity contribution in [2.75, 3.05) is 13.1 Å². The number of rotatable bonds is 5. The maximum Gasteiger partial charge on any atom is 0.319 e. The number of nitrogens with zero attached hydrogens (tertiary/aromatic N) is 1. The van der Waals surface area contributed by atoms with Crippen molar-refractivity contribution in [3.63, 3.8) is 0 Å². The molecule has 0 spiro atoms. The van der Waals surface area contributed by atoms with Gasteiger partial charge in [-0.3, -0.25) is 4.90 Å². The summed E-state index contributed by atoms with van der Waals surface area (Å²) in [6.45, 7) is 6.72. The van der Waals surface area contributed by atoms with Crippen LogP contribution in [0.5, 0.6) is 0 Å². The van der Waals surface area contributed by atoms with Crippen molar-refractivity contribution in [3.05, 3.63) is 43.0 Å². The summed E-state index contributed by atoms with van der Waals surface area (Å²) in [4.78, 5) is 2.01. The fourth-order valence-electron chi connectivity index (χ4n) is 2.45. The molecule has 0 amide bonds. The van der Waals surface area contributed by atoms with Crippen LogP contribution in [0, 0.1) is 0 Å². The van der Waals surface area contributed by atoms with Crippen LogP contribution >= 0.6 is 0 Å². The Kier molecular flexibility index (Phi) is 8.50. The van der Waals surface area contributed by atoms with E-state index in [1.807, 2.05) is 23.1 Å². The molecule has 1 fully saturated rings. The minimum absolute atomic E-state index is 0. The van der Waals surface area contributed by atoms with Crippen molar-refractivity contribution in [1.82, 2.24) is 4.90 Å². The Morgan fingerprint density at radius 2 is 1.67 bits per heavy atom. The van der Waals surface area contributed by atoms with Gasteiger partial charge in [0.15, 0.2) is 0 Å². The lowest BCUT2D eigenvalue weighted by molar-refractivity contribution is 0.230. The van der Waals surface area contributed by atoms with Gasteiger partial charge in [-0.2, -0.15) is 0 Å². The van der Waals surface area contributed by atoms with Gasteiger partial charge in [-0.1, -0.05) is 48.3 Å². The summed E-state index contributed by atoms with van der Waals surface area (Å²) in [5.74, 6) is 0. The summed E-state index contributed by atoms with van der Waals surface area (Å²) in [7, 11) is -3.34. The Balaban J connectivity index is 0.00000200. The van der Waals surface area contributed by atoms with Crippen LogP contribution in [0.2, 0.25) is 0 Å². The van der Waals surface area contributed by atoms with Crippen molar-refractivity contribution in [2.24, 2.45) is 0 Å². The zero-order valence-electron chi connectivity index (χ0n) is 12.0. The molecule has 1 heterocycles. The van der Waals surface area contributed by atoms with Crippen LogP contribution in [0.25, 0.3) is 0 Å². The maximum absolute atomic E-state index is 12.5. The molecule has 1 radical (unpaired) electrons. The molecule has 0 saturated carbocycles. The molecule has 7 heteroatoms. The highest BCUT2D eigenvalue weighted by Crippen LogP contribution is 2.16. The van der Waals surface area contributed by atoms with Crippen LogP contribution in [0.3, 0.4) is 0 Å². The van der Waals surface area contributed by atoms with Crippen molar-refractivity contribution in [3.8, 4) is 0 Å². The first-order valence-electron chi connectivity index (χ1n) is 6.64. The van der Waals surface area contributed by atoms with Gasteiger partial charge in [-0.15, -0.1) is 6.58 Å². The molecule has 0 aromatic heterocycles. The average Bonchev–Trinajstić information content (AvgIpc) is 2.41. The van der Waals surface area contributed by atoms with E-state index in [-0.39, 0.29) is 11.0 Å². The molecule has 1 unspecified atom stereocenters. The van der Waals surface area contributed by atoms with Crippen LogP contribution in [-0.2, 0) is 9.69 Å². The van der Waals surface area contributed by atoms with Gasteiger partial charge in [0.05, 0.1) is 0 Å². The minimum atomic E-state index is -3.34. The molecule has 0 bridgehead atoms. The fraction of sp³-hybridized carbons (Fsp3) is 0.429. The van der Waals surface area contributed by atoms with Crippen LogP contribution in [0.1, 0.15) is 19.3 Å². The maximum atomic E-state index is 12.5. The van der Waals surface area contributed by atoms with E-state index in [0.29, 0.717) is 5.46 Å². The van der Waals surface area contributed by atoms with Crippen molar-refractivity contribution in [2.45, 2.75) is 24.6 Å². The average molecular weight is 312 g/mol. The molecular formula is C14H23BNO4S. The van der Waals surface area contributed by atoms with E-state index in [9.17, 15) is 8.42 Å². The van der Waals surface area contributed by atoms with Gasteiger partial charge in [-0.25, -0.2) is 8.42 Å². The van der Waals surface area contributed by atoms with Gasteiger partial charge in [0.2, 0.25) is 0 Å². The molecule has 1 saturated heterocycles. The highest BCUT2D eigenvalue weighted by molar-refractivity contribution is 8.16. The third-order valence-electron chi connectivity index (χ3n) is 3.39. The number of hydrogen-bond acceptors (Lipinski definition) is 3. The summed E-state index contributed by atoms with van der Waals surface area (Å²) in [6.07, 6.45) is 4.85. The lowest BCUT2D eigenvalue weighted by Crippen LogP contribution is -2.46. The normalized spacial score (nSPS) is 17.0. The summed E-state index contributed by atoms with van der Waals surface area (Å²) in [6, 6.07) is 9.15. The predicted molar refractivity (Wildman–Crippen MR) is 87.4 cm³/mol. The van der Waals surface area contributed by atoms with E-state index in [2.05, 4.69) is 6.58 Å². The Labute approximate surface area is 127 Å². The van der Waals surface area contributed by atoms with Crippen molar-refractivity contribution < 1.29 is 19.4 Å². The number of piperidine rings is 1. The molecule has 1 aliphatic heterocycles. The van der Waals surface area contributed by atoms with Gasteiger partial charge >= 0.3 is 6.56 Å². The second-order valence-corrected chi connectivity index (χ2v) is 6.74. The largest absolute Gasteiger partial charge is 0.412 e. The Morgan fingerprint density at radius 1 is 1.10 bits per heavy atom. The fourth-order valence-corrected chi connectivity index (χ4v) is 4.03. The minimum Gasteiger partial charge on any atom is -0.412 e. The molecule has 21 heavy (non-hydrogen) atoms. The van der Waals surface area contributed by atoms with Gasteiger partial charge < -0.3 is 11.0 Å². The molecule has 1 aromatic rings. The monoisotopic (exact) mass is 312 g/mol. The second kappa shape index (κ2) is 8.99. The molecule has 4 N–H and O–H groups in total. The van der Waals surface area contributed by atoms with E-state index in [0.717, 1.165) is 25.9 Å². The van der Waals surface area contributed by atoms with Gasteiger partial charge in [0.1, 0.15) is 15.1 Å². The Hall–Kier alpha value is -1.15. The summed E-state index contributed by atoms with van der Waals surface area (Å²) < 4.78 is 24.9. The molecule has 1 aromatic carbocycles. The van der Waals surface area contributed by atoms with Gasteiger partial charge in [0, 0.05) is 0 Å². The predicted octanol–water partition coefficient (Wildman–Crippen LogP) is -0.306. The highest BCUT2D eigenvalue weighted by atomic mass is 32.2. The first-order chi connectivity index (χ1) is 9.13. The lowest BCUT2D eigenvalue weighted by Gasteiger charge is -2.32. The summed E-state index contributed by atoms with van der Waals surface area (Å²) in [5, 5.41) is -0.604. The topological polar surface area (TPSA) is 100 Å². The zero-order valence-corrected chi connectivity index (χ0v) is 12.8. The molecule has 0 aliphatic carbocycles. The molecule has 117 valence electrons. The summed E-state index contributed by atoms with van der Waals surface area (Å²) >= 11 is 0. The molecule has 2 rings (SSSR count). The molecule has 1 atom stereocenters. The lowest BCUT2D eigenvalue weighted by atomic mass is 9.95. The molecule has 5 nitrogen and oxygen atoms in total. The van der Waals surface area contributed by atoms with Crippen LogP contribution in [0.4, 0.5) is 0 Å². The van der Waals surface area contributed by atoms with Crippen LogP contribution in [0.15, 0.2) is 43.0 Å². The Morgan fingerprint density at radius 3 is 2.19 bits per heavy atom. The van der Waals surface area contributed by atoms with E-state index >= 15 is 0 Å². The second-order valence-electron chi connectivity index (χ2n) is 4.84. The highest BCUT2D eigenvalue weighted by Gasteiger charge is 2.30. The van der Waals surface area contributed by atoms with E-state index < -0.39 is 15.1 Å². The smallest absolute Gasteiger partial charge is 0.319 e. The SMILES string of the molecule is C=CC(N1CCCCC1)S(=O)(=O)[B]c1ccccc1.O.O.